The van der Waals surface area contributed by atoms with Gasteiger partial charge < -0.3 is 25.5 Å². The first-order valence-electron chi connectivity index (χ1n) is 11.0. The number of hydrogen-bond acceptors (Lipinski definition) is 9. The van der Waals surface area contributed by atoms with Crippen molar-refractivity contribution in [1.82, 2.24) is 19.9 Å². The van der Waals surface area contributed by atoms with E-state index in [2.05, 4.69) is 32.2 Å². The van der Waals surface area contributed by atoms with Gasteiger partial charge in [-0.05, 0) is 44.7 Å². The number of aryl methyl sites for hydroxylation is 1. The van der Waals surface area contributed by atoms with E-state index in [9.17, 15) is 9.90 Å². The van der Waals surface area contributed by atoms with Crippen LogP contribution < -0.4 is 5.32 Å². The van der Waals surface area contributed by atoms with Crippen molar-refractivity contribution in [3.8, 4) is 11.3 Å². The zero-order valence-electron chi connectivity index (χ0n) is 19.7. The van der Waals surface area contributed by atoms with Crippen molar-refractivity contribution >= 4 is 23.6 Å². The van der Waals surface area contributed by atoms with E-state index in [1.807, 2.05) is 19.1 Å². The maximum atomic E-state index is 11.1. The Morgan fingerprint density at radius 3 is 2.44 bits per heavy atom. The number of aliphatic hydroxyl groups is 1. The molecule has 4 rings (SSSR count). The maximum absolute atomic E-state index is 11.1. The maximum Gasteiger partial charge on any atom is 0.227 e. The van der Waals surface area contributed by atoms with Gasteiger partial charge >= 0.3 is 0 Å². The minimum absolute atomic E-state index is 0.0375. The van der Waals surface area contributed by atoms with Crippen LogP contribution >= 0.6 is 0 Å². The van der Waals surface area contributed by atoms with Gasteiger partial charge in [0.05, 0.1) is 36.4 Å². The van der Waals surface area contributed by atoms with Gasteiger partial charge in [0.2, 0.25) is 5.95 Å². The highest BCUT2D eigenvalue weighted by Gasteiger charge is 2.14. The van der Waals surface area contributed by atoms with Gasteiger partial charge in [0, 0.05) is 48.4 Å². The summed E-state index contributed by atoms with van der Waals surface area (Å²) in [6.45, 7) is 7.52. The van der Waals surface area contributed by atoms with Crippen LogP contribution in [0.2, 0.25) is 0 Å². The summed E-state index contributed by atoms with van der Waals surface area (Å²) in [7, 11) is 2.11. The van der Waals surface area contributed by atoms with Crippen LogP contribution in [0.25, 0.3) is 11.3 Å². The molecule has 178 valence electrons. The Kier molecular flexibility index (Phi) is 8.92. The van der Waals surface area contributed by atoms with Crippen LogP contribution in [0.5, 0.6) is 0 Å². The van der Waals surface area contributed by atoms with Gasteiger partial charge in [0.25, 0.3) is 0 Å². The average molecular weight is 463 g/mol. The van der Waals surface area contributed by atoms with Crippen LogP contribution in [-0.2, 0) is 4.74 Å². The van der Waals surface area contributed by atoms with Gasteiger partial charge in [-0.2, -0.15) is 0 Å². The Labute approximate surface area is 199 Å². The van der Waals surface area contributed by atoms with E-state index < -0.39 is 6.10 Å². The summed E-state index contributed by atoms with van der Waals surface area (Å²) in [6, 6.07) is 8.67. The number of aliphatic hydroxyl groups excluding tert-OH is 1. The van der Waals surface area contributed by atoms with E-state index in [1.165, 1.54) is 6.92 Å². The molecule has 1 aliphatic rings. The molecule has 9 heteroatoms. The van der Waals surface area contributed by atoms with E-state index in [0.29, 0.717) is 29.0 Å². The summed E-state index contributed by atoms with van der Waals surface area (Å²) < 4.78 is 5.10. The van der Waals surface area contributed by atoms with E-state index in [4.69, 9.17) is 10.1 Å². The number of carbonyl (C=O) groups excluding carboxylic acids is 1. The second-order valence-corrected chi connectivity index (χ2v) is 8.07. The molecule has 3 N–H and O–H groups in total. The van der Waals surface area contributed by atoms with Crippen LogP contribution in [0.1, 0.15) is 28.4 Å². The van der Waals surface area contributed by atoms with Gasteiger partial charge in [0.1, 0.15) is 6.29 Å². The summed E-state index contributed by atoms with van der Waals surface area (Å²) >= 11 is 0. The first-order valence-corrected chi connectivity index (χ1v) is 11.0. The number of aromatic nitrogens is 3. The van der Waals surface area contributed by atoms with E-state index in [-0.39, 0.29) is 5.71 Å². The molecule has 0 spiro atoms. The van der Waals surface area contributed by atoms with E-state index >= 15 is 0 Å². The minimum Gasteiger partial charge on any atom is -0.387 e. The smallest absolute Gasteiger partial charge is 0.227 e. The zero-order chi connectivity index (χ0) is 24.5. The molecule has 0 saturated carbocycles. The third-order valence-electron chi connectivity index (χ3n) is 5.23. The highest BCUT2D eigenvalue weighted by molar-refractivity contribution is 6.06. The molecule has 3 aromatic rings. The minimum atomic E-state index is -0.941. The molecule has 9 nitrogen and oxygen atoms in total. The van der Waals surface area contributed by atoms with Crippen molar-refractivity contribution in [2.75, 3.05) is 38.7 Å². The molecule has 0 aliphatic carbocycles. The Morgan fingerprint density at radius 2 is 1.88 bits per heavy atom. The highest BCUT2D eigenvalue weighted by Crippen LogP contribution is 2.23. The lowest BCUT2D eigenvalue weighted by Crippen LogP contribution is -2.32. The molecule has 1 fully saturated rings. The number of ether oxygens (including phenoxy) is 1. The van der Waals surface area contributed by atoms with E-state index in [1.54, 1.807) is 36.8 Å². The Hall–Kier alpha value is -3.53. The predicted octanol–water partition coefficient (Wildman–Crippen LogP) is 3.10. The van der Waals surface area contributed by atoms with Crippen LogP contribution in [0, 0.1) is 12.3 Å². The summed E-state index contributed by atoms with van der Waals surface area (Å²) in [4.78, 5) is 26.3. The summed E-state index contributed by atoms with van der Waals surface area (Å²) in [5, 5.41) is 20.8. The predicted molar refractivity (Wildman–Crippen MR) is 132 cm³/mol. The quantitative estimate of drug-likeness (QED) is 0.377. The number of pyridine rings is 1. The number of benzene rings is 1. The molecule has 1 atom stereocenters. The van der Waals surface area contributed by atoms with Crippen LogP contribution in [-0.4, -0.2) is 76.4 Å². The number of hydrogen-bond donors (Lipinski definition) is 3. The molecule has 1 aliphatic heterocycles. The van der Waals surface area contributed by atoms with E-state index in [0.717, 1.165) is 43.1 Å². The lowest BCUT2D eigenvalue weighted by molar-refractivity contribution is 0.0503. The standard InChI is InChI=1S/C20H19N5O2.C5H11NO/c1-12-5-6-22-17(7-12)15-9-23-20(24-10-15)25-18-8-14(11-26)3-4-16(18)19(21)13(2)27;1-6-2-4-7-5-3-6/h3-11,13,21,27H,1-2H3,(H,23,24,25);2-5H2,1H3. The van der Waals surface area contributed by atoms with Crippen LogP contribution in [0.15, 0.2) is 48.9 Å². The molecule has 1 aromatic carbocycles. The molecule has 0 bridgehead atoms. The van der Waals surface area contributed by atoms with Crippen molar-refractivity contribution in [3.63, 3.8) is 0 Å². The average Bonchev–Trinajstić information content (AvgIpc) is 2.85. The van der Waals surface area contributed by atoms with Gasteiger partial charge in [-0.25, -0.2) is 9.97 Å². The summed E-state index contributed by atoms with van der Waals surface area (Å²) in [5.41, 5.74) is 4.09. The molecule has 3 heterocycles. The number of aldehydes is 1. The SMILES string of the molecule is CN1CCOCC1.Cc1ccnc(-c2cnc(Nc3cc(C=O)ccc3C(=N)C(C)O)nc2)c1. The van der Waals surface area contributed by atoms with Crippen molar-refractivity contribution in [3.05, 3.63) is 65.6 Å². The fraction of sp³-hybridized carbons (Fsp3) is 0.320. The number of nitrogens with zero attached hydrogens (tertiary/aromatic N) is 4. The van der Waals surface area contributed by atoms with Crippen molar-refractivity contribution in [2.45, 2.75) is 20.0 Å². The number of anilines is 2. The third kappa shape index (κ3) is 6.98. The molecule has 2 aromatic heterocycles. The first-order chi connectivity index (χ1) is 16.4. The largest absolute Gasteiger partial charge is 0.387 e. The second kappa shape index (κ2) is 12.1. The number of rotatable bonds is 6. The molecule has 34 heavy (non-hydrogen) atoms. The number of carbonyl (C=O) groups is 1. The molecular formula is C25H30N6O3. The van der Waals surface area contributed by atoms with Gasteiger partial charge in [-0.15, -0.1) is 0 Å². The Morgan fingerprint density at radius 1 is 1.18 bits per heavy atom. The zero-order valence-corrected chi connectivity index (χ0v) is 19.7. The lowest BCUT2D eigenvalue weighted by atomic mass is 10.0. The fourth-order valence-electron chi connectivity index (χ4n) is 3.19. The number of morpholine rings is 1. The van der Waals surface area contributed by atoms with Crippen molar-refractivity contribution in [2.24, 2.45) is 0 Å². The Bertz CT molecular complexity index is 1110. The first kappa shape index (κ1) is 25.1. The molecular weight excluding hydrogens is 432 g/mol. The molecule has 1 saturated heterocycles. The van der Waals surface area contributed by atoms with Gasteiger partial charge in [0.15, 0.2) is 0 Å². The van der Waals surface area contributed by atoms with Gasteiger partial charge in [-0.1, -0.05) is 12.1 Å². The fourth-order valence-corrected chi connectivity index (χ4v) is 3.19. The molecule has 0 amide bonds. The second-order valence-electron chi connectivity index (χ2n) is 8.07. The molecule has 0 radical (unpaired) electrons. The lowest BCUT2D eigenvalue weighted by Gasteiger charge is -2.21. The number of likely N-dealkylation sites (N-methyl/N-ethyl adjacent to an activating group) is 1. The molecule has 1 unspecified atom stereocenters. The third-order valence-corrected chi connectivity index (χ3v) is 5.23. The topological polar surface area (TPSA) is 124 Å². The van der Waals surface area contributed by atoms with Crippen molar-refractivity contribution in [1.29, 1.82) is 5.41 Å². The van der Waals surface area contributed by atoms with Gasteiger partial charge in [-0.3, -0.25) is 9.78 Å². The normalized spacial score (nSPS) is 14.5. The summed E-state index contributed by atoms with van der Waals surface area (Å²) in [5.74, 6) is 0.314. The monoisotopic (exact) mass is 462 g/mol. The highest BCUT2D eigenvalue weighted by atomic mass is 16.5. The Balaban J connectivity index is 0.000000396. The van der Waals surface area contributed by atoms with Crippen LogP contribution in [0.4, 0.5) is 11.6 Å². The number of nitrogens with one attached hydrogen (secondary N) is 2. The summed E-state index contributed by atoms with van der Waals surface area (Å²) in [6.07, 6.45) is 4.81. The van der Waals surface area contributed by atoms with Crippen LogP contribution in [0.3, 0.4) is 0 Å². The van der Waals surface area contributed by atoms with Crippen molar-refractivity contribution < 1.29 is 14.6 Å².